The number of carbonyl (C=O) groups excluding carboxylic acids is 4. The highest BCUT2D eigenvalue weighted by molar-refractivity contribution is 8.00. The molecule has 3 N–H and O–H groups in total. The van der Waals surface area contributed by atoms with Crippen LogP contribution in [-0.4, -0.2) is 47.7 Å². The van der Waals surface area contributed by atoms with Crippen molar-refractivity contribution in [3.05, 3.63) is 39.8 Å². The molecular formula is C21H22N4O7S. The lowest BCUT2D eigenvalue weighted by atomic mass is 10.1. The van der Waals surface area contributed by atoms with Crippen LogP contribution in [0.1, 0.15) is 61.9 Å². The summed E-state index contributed by atoms with van der Waals surface area (Å²) in [5.74, 6) is -3.42. The van der Waals surface area contributed by atoms with E-state index in [0.29, 0.717) is 5.69 Å². The molecule has 12 heteroatoms. The highest BCUT2D eigenvalue weighted by Gasteiger charge is 2.29. The molecule has 0 spiro atoms. The van der Waals surface area contributed by atoms with E-state index in [2.05, 4.69) is 10.3 Å². The molecule has 0 saturated carbocycles. The summed E-state index contributed by atoms with van der Waals surface area (Å²) in [4.78, 5) is 52.7. The molecule has 2 aromatic heterocycles. The van der Waals surface area contributed by atoms with Gasteiger partial charge in [0.15, 0.2) is 0 Å². The van der Waals surface area contributed by atoms with E-state index < -0.39 is 23.8 Å². The van der Waals surface area contributed by atoms with Gasteiger partial charge >= 0.3 is 11.9 Å². The van der Waals surface area contributed by atoms with Gasteiger partial charge in [0.2, 0.25) is 11.8 Å². The van der Waals surface area contributed by atoms with E-state index >= 15 is 0 Å². The number of ether oxygens (including phenoxy) is 2. The Morgan fingerprint density at radius 3 is 2.36 bits per heavy atom. The minimum absolute atomic E-state index is 0.0591. The van der Waals surface area contributed by atoms with Crippen LogP contribution in [0.25, 0.3) is 0 Å². The smallest absolute Gasteiger partial charge is 0.342 e. The number of hydrogen-bond donors (Lipinski definition) is 2. The first-order valence-corrected chi connectivity index (χ1v) is 10.7. The third kappa shape index (κ3) is 5.89. The number of thioether (sulfide) groups is 1. The van der Waals surface area contributed by atoms with E-state index in [9.17, 15) is 24.4 Å². The topological polar surface area (TPSA) is 175 Å². The highest BCUT2D eigenvalue weighted by atomic mass is 32.2. The van der Waals surface area contributed by atoms with Crippen molar-refractivity contribution in [2.45, 2.75) is 32.7 Å². The van der Waals surface area contributed by atoms with Crippen molar-refractivity contribution in [3.8, 4) is 6.07 Å². The van der Waals surface area contributed by atoms with Crippen molar-refractivity contribution in [1.82, 2.24) is 4.98 Å². The van der Waals surface area contributed by atoms with Gasteiger partial charge in [-0.1, -0.05) is 11.8 Å². The summed E-state index contributed by atoms with van der Waals surface area (Å²) >= 11 is 0.939. The maximum atomic E-state index is 12.5. The first kappa shape index (κ1) is 25.4. The molecule has 0 radical (unpaired) electrons. The fourth-order valence-electron chi connectivity index (χ4n) is 2.80. The number of nitrogens with two attached hydrogens (primary N) is 1. The average Bonchev–Trinajstić information content (AvgIpc) is 3.08. The molecule has 0 bridgehead atoms. The number of amides is 2. The second-order valence-corrected chi connectivity index (χ2v) is 7.43. The van der Waals surface area contributed by atoms with E-state index in [1.807, 2.05) is 6.07 Å². The van der Waals surface area contributed by atoms with Gasteiger partial charge in [0.05, 0.1) is 35.8 Å². The van der Waals surface area contributed by atoms with Crippen LogP contribution in [0.3, 0.4) is 0 Å². The van der Waals surface area contributed by atoms with Crippen LogP contribution in [0, 0.1) is 25.2 Å². The number of nitrogens with one attached hydrogen (secondary N) is 1. The highest BCUT2D eigenvalue weighted by Crippen LogP contribution is 2.28. The molecule has 0 aliphatic carbocycles. The molecule has 2 amide bonds. The van der Waals surface area contributed by atoms with E-state index in [1.54, 1.807) is 20.8 Å². The van der Waals surface area contributed by atoms with Gasteiger partial charge in [-0.3, -0.25) is 14.9 Å². The summed E-state index contributed by atoms with van der Waals surface area (Å²) in [5.41, 5.74) is 5.51. The number of carbonyl (C=O) groups is 4. The normalized spacial score (nSPS) is 10.3. The largest absolute Gasteiger partial charge is 0.462 e. The standard InChI is InChI=1S/C21H22N4O7S/c1-5-30-20(28)13-7-12(8-22)19(24-10(13)3)33-9-14(26)25-18-16(17(23)27)15(11(4)32-18)21(29)31-6-2/h7H,5-6,9H2,1-4H3,(H2,23,27)(H,25,26). The third-order valence-corrected chi connectivity index (χ3v) is 5.19. The van der Waals surface area contributed by atoms with Crippen LogP contribution in [-0.2, 0) is 14.3 Å². The van der Waals surface area contributed by atoms with E-state index in [0.717, 1.165) is 11.8 Å². The van der Waals surface area contributed by atoms with Crippen LogP contribution in [0.4, 0.5) is 5.88 Å². The Morgan fingerprint density at radius 2 is 1.79 bits per heavy atom. The molecule has 0 unspecified atom stereocenters. The van der Waals surface area contributed by atoms with Crippen molar-refractivity contribution in [1.29, 1.82) is 5.26 Å². The van der Waals surface area contributed by atoms with Crippen LogP contribution >= 0.6 is 11.8 Å². The van der Waals surface area contributed by atoms with Crippen molar-refractivity contribution in [2.75, 3.05) is 24.3 Å². The molecule has 11 nitrogen and oxygen atoms in total. The molecule has 0 aromatic carbocycles. The number of aromatic nitrogens is 1. The number of primary amides is 1. The van der Waals surface area contributed by atoms with Gasteiger partial charge < -0.3 is 19.6 Å². The number of hydrogen-bond acceptors (Lipinski definition) is 10. The Kier molecular flexibility index (Phi) is 8.58. The molecule has 174 valence electrons. The Labute approximate surface area is 193 Å². The first-order valence-electron chi connectivity index (χ1n) is 9.76. The van der Waals surface area contributed by atoms with Crippen molar-refractivity contribution >= 4 is 41.4 Å². The fraction of sp³-hybridized carbons (Fsp3) is 0.333. The maximum Gasteiger partial charge on any atom is 0.342 e. The summed E-state index contributed by atoms with van der Waals surface area (Å²) in [6.45, 7) is 6.52. The van der Waals surface area contributed by atoms with Gasteiger partial charge in [0, 0.05) is 0 Å². The number of nitrogens with zero attached hydrogens (tertiary/aromatic N) is 2. The molecule has 33 heavy (non-hydrogen) atoms. The first-order chi connectivity index (χ1) is 15.6. The predicted molar refractivity (Wildman–Crippen MR) is 117 cm³/mol. The molecule has 0 fully saturated rings. The number of nitriles is 1. The number of furan rings is 1. The minimum Gasteiger partial charge on any atom is -0.462 e. The van der Waals surface area contributed by atoms with Gasteiger partial charge in [-0.15, -0.1) is 0 Å². The lowest BCUT2D eigenvalue weighted by Crippen LogP contribution is -2.21. The van der Waals surface area contributed by atoms with E-state index in [1.165, 1.54) is 13.0 Å². The van der Waals surface area contributed by atoms with Crippen molar-refractivity contribution < 1.29 is 33.1 Å². The Hall–Kier alpha value is -3.85. The number of aryl methyl sites for hydroxylation is 2. The van der Waals surface area contributed by atoms with Gasteiger partial charge in [-0.25, -0.2) is 14.6 Å². The Morgan fingerprint density at radius 1 is 1.15 bits per heavy atom. The Bertz CT molecular complexity index is 1150. The Balaban J connectivity index is 2.22. The van der Waals surface area contributed by atoms with Crippen LogP contribution in [0.2, 0.25) is 0 Å². The molecule has 2 aromatic rings. The molecular weight excluding hydrogens is 452 g/mol. The monoisotopic (exact) mass is 474 g/mol. The zero-order valence-corrected chi connectivity index (χ0v) is 19.3. The summed E-state index contributed by atoms with van der Waals surface area (Å²) < 4.78 is 15.2. The predicted octanol–water partition coefficient (Wildman–Crippen LogP) is 2.35. The second-order valence-electron chi connectivity index (χ2n) is 6.47. The van der Waals surface area contributed by atoms with E-state index in [-0.39, 0.29) is 57.9 Å². The minimum atomic E-state index is -0.975. The van der Waals surface area contributed by atoms with Crippen molar-refractivity contribution in [2.24, 2.45) is 5.73 Å². The second kappa shape index (κ2) is 11.1. The number of anilines is 1. The fourth-order valence-corrected chi connectivity index (χ4v) is 3.60. The quantitative estimate of drug-likeness (QED) is 0.405. The van der Waals surface area contributed by atoms with Crippen LogP contribution in [0.15, 0.2) is 15.5 Å². The van der Waals surface area contributed by atoms with Crippen LogP contribution in [0.5, 0.6) is 0 Å². The number of rotatable bonds is 9. The van der Waals surface area contributed by atoms with Gasteiger partial charge in [0.25, 0.3) is 5.91 Å². The molecule has 0 aliphatic rings. The zero-order valence-electron chi connectivity index (χ0n) is 18.4. The summed E-state index contributed by atoms with van der Waals surface area (Å²) in [6, 6.07) is 3.29. The third-order valence-electron chi connectivity index (χ3n) is 4.20. The van der Waals surface area contributed by atoms with Crippen molar-refractivity contribution in [3.63, 3.8) is 0 Å². The maximum absolute atomic E-state index is 12.5. The van der Waals surface area contributed by atoms with Gasteiger partial charge in [0.1, 0.15) is 28.0 Å². The van der Waals surface area contributed by atoms with Crippen LogP contribution < -0.4 is 11.1 Å². The average molecular weight is 474 g/mol. The van der Waals surface area contributed by atoms with Gasteiger partial charge in [-0.2, -0.15) is 5.26 Å². The summed E-state index contributed by atoms with van der Waals surface area (Å²) in [6.07, 6.45) is 0. The lowest BCUT2D eigenvalue weighted by Gasteiger charge is -2.09. The summed E-state index contributed by atoms with van der Waals surface area (Å²) in [5, 5.41) is 12.0. The summed E-state index contributed by atoms with van der Waals surface area (Å²) in [7, 11) is 0. The molecule has 0 saturated heterocycles. The van der Waals surface area contributed by atoms with E-state index in [4.69, 9.17) is 19.6 Å². The lowest BCUT2D eigenvalue weighted by molar-refractivity contribution is -0.113. The molecule has 2 heterocycles. The SMILES string of the molecule is CCOC(=O)c1cc(C#N)c(SCC(=O)Nc2oc(C)c(C(=O)OCC)c2C(N)=O)nc1C. The number of pyridine rings is 1. The molecule has 2 rings (SSSR count). The van der Waals surface area contributed by atoms with Gasteiger partial charge in [-0.05, 0) is 33.8 Å². The molecule has 0 atom stereocenters. The number of esters is 2. The molecule has 0 aliphatic heterocycles. The zero-order chi connectivity index (χ0) is 24.7.